The van der Waals surface area contributed by atoms with Crippen LogP contribution in [0, 0.1) is 0 Å². The second-order valence-electron chi connectivity index (χ2n) is 4.54. The van der Waals surface area contributed by atoms with Gasteiger partial charge in [-0.1, -0.05) is 6.07 Å². The summed E-state index contributed by atoms with van der Waals surface area (Å²) in [5.74, 6) is 0.441. The summed E-state index contributed by atoms with van der Waals surface area (Å²) >= 11 is 0. The van der Waals surface area contributed by atoms with Gasteiger partial charge in [0.2, 0.25) is 5.95 Å². The third-order valence-corrected chi connectivity index (χ3v) is 2.91. The van der Waals surface area contributed by atoms with Crippen molar-refractivity contribution < 1.29 is 13.2 Å². The Kier molecular flexibility index (Phi) is 3.88. The summed E-state index contributed by atoms with van der Waals surface area (Å²) in [5.41, 5.74) is 0.444. The summed E-state index contributed by atoms with van der Waals surface area (Å²) in [5, 5.41) is 2.76. The molecule has 3 aromatic rings. The van der Waals surface area contributed by atoms with Gasteiger partial charge in [0.15, 0.2) is 0 Å². The molecule has 0 bridgehead atoms. The highest BCUT2D eigenvalue weighted by atomic mass is 19.4. The van der Waals surface area contributed by atoms with Gasteiger partial charge in [-0.3, -0.25) is 4.98 Å². The van der Waals surface area contributed by atoms with Crippen LogP contribution in [0.25, 0.3) is 11.4 Å². The third-order valence-electron chi connectivity index (χ3n) is 2.91. The number of nitrogens with one attached hydrogen (secondary N) is 1. The summed E-state index contributed by atoms with van der Waals surface area (Å²) in [4.78, 5) is 16.2. The predicted molar refractivity (Wildman–Crippen MR) is 77.8 cm³/mol. The quantitative estimate of drug-likeness (QED) is 0.798. The van der Waals surface area contributed by atoms with Crippen molar-refractivity contribution in [3.63, 3.8) is 0 Å². The normalized spacial score (nSPS) is 11.3. The predicted octanol–water partition coefficient (Wildman–Crippen LogP) is 3.70. The molecular weight excluding hydrogens is 307 g/mol. The second-order valence-corrected chi connectivity index (χ2v) is 4.54. The minimum absolute atomic E-state index is 0.219. The molecule has 0 aliphatic heterocycles. The Balaban J connectivity index is 1.81. The fraction of sp³-hybridized carbons (Fsp3) is 0.0667. The molecule has 0 radical (unpaired) electrons. The Labute approximate surface area is 129 Å². The van der Waals surface area contributed by atoms with Crippen LogP contribution in [0.5, 0.6) is 0 Å². The molecule has 0 unspecified atom stereocenters. The standard InChI is InChI=1S/C15H10F3N5/c16-15(17,18)10-4-5-13(21-9-10)23-14-20-8-6-12(22-14)11-3-1-2-7-19-11/h1-9H,(H,20,21,22,23). The first-order valence-electron chi connectivity index (χ1n) is 6.57. The van der Waals surface area contributed by atoms with Gasteiger partial charge >= 0.3 is 6.18 Å². The van der Waals surface area contributed by atoms with Crippen molar-refractivity contribution in [2.45, 2.75) is 6.18 Å². The zero-order valence-corrected chi connectivity index (χ0v) is 11.6. The van der Waals surface area contributed by atoms with Crippen molar-refractivity contribution in [3.05, 3.63) is 60.6 Å². The Morgan fingerprint density at radius 3 is 2.35 bits per heavy atom. The first kappa shape index (κ1) is 14.9. The van der Waals surface area contributed by atoms with Gasteiger partial charge in [0, 0.05) is 18.6 Å². The maximum Gasteiger partial charge on any atom is 0.417 e. The van der Waals surface area contributed by atoms with E-state index in [9.17, 15) is 13.2 Å². The largest absolute Gasteiger partial charge is 0.417 e. The molecule has 0 aliphatic rings. The topological polar surface area (TPSA) is 63.6 Å². The summed E-state index contributed by atoms with van der Waals surface area (Å²) in [7, 11) is 0. The molecule has 1 N–H and O–H groups in total. The molecule has 0 saturated heterocycles. The lowest BCUT2D eigenvalue weighted by Crippen LogP contribution is -2.06. The molecular formula is C15H10F3N5. The fourth-order valence-electron chi connectivity index (χ4n) is 1.83. The van der Waals surface area contributed by atoms with E-state index in [1.165, 1.54) is 12.3 Å². The molecule has 0 atom stereocenters. The van der Waals surface area contributed by atoms with Crippen molar-refractivity contribution in [1.82, 2.24) is 19.9 Å². The maximum absolute atomic E-state index is 12.5. The van der Waals surface area contributed by atoms with Gasteiger partial charge < -0.3 is 5.32 Å². The van der Waals surface area contributed by atoms with E-state index in [1.54, 1.807) is 24.4 Å². The van der Waals surface area contributed by atoms with Crippen LogP contribution < -0.4 is 5.32 Å². The van der Waals surface area contributed by atoms with Gasteiger partial charge in [-0.05, 0) is 30.3 Å². The molecule has 3 heterocycles. The SMILES string of the molecule is FC(F)(F)c1ccc(Nc2nccc(-c3ccccn3)n2)nc1. The highest BCUT2D eigenvalue weighted by molar-refractivity contribution is 5.57. The number of halogens is 3. The Morgan fingerprint density at radius 1 is 0.826 bits per heavy atom. The minimum Gasteiger partial charge on any atom is -0.309 e. The summed E-state index contributed by atoms with van der Waals surface area (Å²) < 4.78 is 37.5. The summed E-state index contributed by atoms with van der Waals surface area (Å²) in [6, 6.07) is 9.26. The smallest absolute Gasteiger partial charge is 0.309 e. The van der Waals surface area contributed by atoms with Crippen LogP contribution in [0.15, 0.2) is 55.0 Å². The van der Waals surface area contributed by atoms with Crippen LogP contribution in [0.2, 0.25) is 0 Å². The van der Waals surface area contributed by atoms with Crippen LogP contribution in [0.1, 0.15) is 5.56 Å². The van der Waals surface area contributed by atoms with Gasteiger partial charge in [-0.25, -0.2) is 15.0 Å². The molecule has 0 aromatic carbocycles. The first-order chi connectivity index (χ1) is 11.0. The van der Waals surface area contributed by atoms with Crippen molar-refractivity contribution >= 4 is 11.8 Å². The van der Waals surface area contributed by atoms with Gasteiger partial charge in [0.1, 0.15) is 5.82 Å². The maximum atomic E-state index is 12.5. The Hall–Kier alpha value is -3.03. The number of anilines is 2. The van der Waals surface area contributed by atoms with E-state index < -0.39 is 11.7 Å². The number of hydrogen-bond donors (Lipinski definition) is 1. The van der Waals surface area contributed by atoms with Crippen LogP contribution in [-0.2, 0) is 6.18 Å². The Bertz CT molecular complexity index is 788. The molecule has 0 spiro atoms. The number of pyridine rings is 2. The van der Waals surface area contributed by atoms with E-state index in [0.717, 1.165) is 12.3 Å². The monoisotopic (exact) mass is 317 g/mol. The first-order valence-corrected chi connectivity index (χ1v) is 6.57. The van der Waals surface area contributed by atoms with Crippen molar-refractivity contribution in [1.29, 1.82) is 0 Å². The van der Waals surface area contributed by atoms with Crippen LogP contribution in [0.3, 0.4) is 0 Å². The minimum atomic E-state index is -4.42. The molecule has 0 amide bonds. The lowest BCUT2D eigenvalue weighted by molar-refractivity contribution is -0.137. The van der Waals surface area contributed by atoms with Crippen LogP contribution in [0.4, 0.5) is 24.9 Å². The molecule has 116 valence electrons. The number of nitrogens with zero attached hydrogens (tertiary/aromatic N) is 4. The third kappa shape index (κ3) is 3.60. The molecule has 5 nitrogen and oxygen atoms in total. The number of hydrogen-bond acceptors (Lipinski definition) is 5. The highest BCUT2D eigenvalue weighted by Crippen LogP contribution is 2.29. The van der Waals surface area contributed by atoms with E-state index in [-0.39, 0.29) is 11.8 Å². The van der Waals surface area contributed by atoms with E-state index in [1.807, 2.05) is 6.07 Å². The number of alkyl halides is 3. The Morgan fingerprint density at radius 2 is 1.70 bits per heavy atom. The average molecular weight is 317 g/mol. The molecule has 0 saturated carbocycles. The zero-order chi connectivity index (χ0) is 16.3. The van der Waals surface area contributed by atoms with Crippen LogP contribution >= 0.6 is 0 Å². The van der Waals surface area contributed by atoms with E-state index >= 15 is 0 Å². The molecule has 8 heteroatoms. The van der Waals surface area contributed by atoms with Crippen molar-refractivity contribution in [2.24, 2.45) is 0 Å². The average Bonchev–Trinajstić information content (AvgIpc) is 2.56. The molecule has 3 rings (SSSR count). The van der Waals surface area contributed by atoms with Crippen molar-refractivity contribution in [2.75, 3.05) is 5.32 Å². The zero-order valence-electron chi connectivity index (χ0n) is 11.6. The fourth-order valence-corrected chi connectivity index (χ4v) is 1.83. The lowest BCUT2D eigenvalue weighted by atomic mass is 10.2. The highest BCUT2D eigenvalue weighted by Gasteiger charge is 2.30. The second kappa shape index (κ2) is 5.99. The van der Waals surface area contributed by atoms with Gasteiger partial charge in [0.25, 0.3) is 0 Å². The van der Waals surface area contributed by atoms with Crippen molar-refractivity contribution in [3.8, 4) is 11.4 Å². The summed E-state index contributed by atoms with van der Waals surface area (Å²) in [6.07, 6.45) is -0.489. The van der Waals surface area contributed by atoms with Gasteiger partial charge in [-0.2, -0.15) is 13.2 Å². The summed E-state index contributed by atoms with van der Waals surface area (Å²) in [6.45, 7) is 0. The number of aromatic nitrogens is 4. The van der Waals surface area contributed by atoms with E-state index in [2.05, 4.69) is 25.3 Å². The number of rotatable bonds is 3. The molecule has 3 aromatic heterocycles. The van der Waals surface area contributed by atoms with Gasteiger partial charge in [-0.15, -0.1) is 0 Å². The molecule has 0 aliphatic carbocycles. The lowest BCUT2D eigenvalue weighted by Gasteiger charge is -2.08. The van der Waals surface area contributed by atoms with E-state index in [0.29, 0.717) is 11.4 Å². The molecule has 0 fully saturated rings. The van der Waals surface area contributed by atoms with E-state index in [4.69, 9.17) is 0 Å². The molecule has 23 heavy (non-hydrogen) atoms. The van der Waals surface area contributed by atoms with Crippen LogP contribution in [-0.4, -0.2) is 19.9 Å². The van der Waals surface area contributed by atoms with Gasteiger partial charge in [0.05, 0.1) is 17.0 Å².